The third-order valence-electron chi connectivity index (χ3n) is 2.59. The van der Waals surface area contributed by atoms with E-state index in [1.165, 1.54) is 23.3 Å². The molecule has 0 N–H and O–H groups in total. The molecule has 0 spiro atoms. The van der Waals surface area contributed by atoms with Crippen LogP contribution in [-0.2, 0) is 9.53 Å². The molecule has 0 aromatic carbocycles. The van der Waals surface area contributed by atoms with Crippen LogP contribution in [0.4, 0.5) is 0 Å². The Morgan fingerprint density at radius 1 is 1.41 bits per heavy atom. The minimum atomic E-state index is -0.398. The van der Waals surface area contributed by atoms with Gasteiger partial charge in [-0.05, 0) is 32.4 Å². The molecule has 0 bridgehead atoms. The summed E-state index contributed by atoms with van der Waals surface area (Å²) < 4.78 is 4.57. The van der Waals surface area contributed by atoms with Gasteiger partial charge in [0, 0.05) is 11.4 Å². The normalized spacial score (nSPS) is 10.1. The van der Waals surface area contributed by atoms with Crippen LogP contribution < -0.4 is 0 Å². The van der Waals surface area contributed by atoms with Gasteiger partial charge in [0.25, 0.3) is 5.91 Å². The highest BCUT2D eigenvalue weighted by Crippen LogP contribution is 2.21. The first-order valence-corrected chi connectivity index (χ1v) is 6.24. The highest BCUT2D eigenvalue weighted by atomic mass is 32.1. The van der Waals surface area contributed by atoms with Crippen LogP contribution in [0.5, 0.6) is 0 Å². The van der Waals surface area contributed by atoms with Crippen molar-refractivity contribution in [2.75, 3.05) is 20.2 Å². The summed E-state index contributed by atoms with van der Waals surface area (Å²) in [4.78, 5) is 26.6. The molecule has 0 atom stereocenters. The first-order chi connectivity index (χ1) is 7.99. The SMILES string of the molecule is CCN(CC(=O)OC)C(=O)c1cc(C)c(C)s1. The number of hydrogen-bond acceptors (Lipinski definition) is 4. The van der Waals surface area contributed by atoms with Crippen LogP contribution in [0.3, 0.4) is 0 Å². The summed E-state index contributed by atoms with van der Waals surface area (Å²) in [6.45, 7) is 6.28. The summed E-state index contributed by atoms with van der Waals surface area (Å²) in [5, 5.41) is 0. The lowest BCUT2D eigenvalue weighted by Gasteiger charge is -2.18. The smallest absolute Gasteiger partial charge is 0.325 e. The fraction of sp³-hybridized carbons (Fsp3) is 0.500. The van der Waals surface area contributed by atoms with E-state index >= 15 is 0 Å². The third kappa shape index (κ3) is 3.30. The van der Waals surface area contributed by atoms with Gasteiger partial charge in [-0.2, -0.15) is 0 Å². The quantitative estimate of drug-likeness (QED) is 0.773. The fourth-order valence-corrected chi connectivity index (χ4v) is 2.38. The average molecular weight is 255 g/mol. The molecule has 0 aliphatic rings. The Kier molecular flexibility index (Phi) is 4.69. The van der Waals surface area contributed by atoms with E-state index in [-0.39, 0.29) is 12.5 Å². The van der Waals surface area contributed by atoms with Gasteiger partial charge in [0.1, 0.15) is 6.54 Å². The number of aryl methyl sites for hydroxylation is 2. The van der Waals surface area contributed by atoms with Crippen molar-refractivity contribution in [1.82, 2.24) is 4.90 Å². The first-order valence-electron chi connectivity index (χ1n) is 5.42. The largest absolute Gasteiger partial charge is 0.468 e. The molecular formula is C12H17NO3S. The number of nitrogens with zero attached hydrogens (tertiary/aromatic N) is 1. The first kappa shape index (κ1) is 13.7. The van der Waals surface area contributed by atoms with E-state index in [2.05, 4.69) is 4.74 Å². The molecule has 0 aliphatic heterocycles. The number of amides is 1. The Bertz CT molecular complexity index is 406. The molecule has 5 heteroatoms. The molecule has 1 aromatic rings. The van der Waals surface area contributed by atoms with E-state index in [1.54, 1.807) is 0 Å². The second-order valence-electron chi connectivity index (χ2n) is 3.75. The minimum absolute atomic E-state index is 0.00181. The van der Waals surface area contributed by atoms with Gasteiger partial charge in [-0.15, -0.1) is 11.3 Å². The van der Waals surface area contributed by atoms with Crippen molar-refractivity contribution in [1.29, 1.82) is 0 Å². The van der Waals surface area contributed by atoms with E-state index in [9.17, 15) is 9.59 Å². The van der Waals surface area contributed by atoms with Crippen LogP contribution in [0.2, 0.25) is 0 Å². The molecule has 0 radical (unpaired) electrons. The van der Waals surface area contributed by atoms with E-state index in [1.807, 2.05) is 26.8 Å². The van der Waals surface area contributed by atoms with Crippen LogP contribution in [0.1, 0.15) is 27.0 Å². The maximum absolute atomic E-state index is 12.1. The number of esters is 1. The van der Waals surface area contributed by atoms with Crippen molar-refractivity contribution in [3.8, 4) is 0 Å². The summed E-state index contributed by atoms with van der Waals surface area (Å²) >= 11 is 1.46. The topological polar surface area (TPSA) is 46.6 Å². The molecule has 1 heterocycles. The lowest BCUT2D eigenvalue weighted by molar-refractivity contribution is -0.141. The molecule has 1 amide bonds. The Hall–Kier alpha value is -1.36. The molecule has 0 unspecified atom stereocenters. The number of thiophene rings is 1. The molecule has 4 nitrogen and oxygen atoms in total. The van der Waals surface area contributed by atoms with Gasteiger partial charge in [0.2, 0.25) is 0 Å². The van der Waals surface area contributed by atoms with Crippen LogP contribution in [0, 0.1) is 13.8 Å². The Morgan fingerprint density at radius 3 is 2.47 bits per heavy atom. The molecule has 0 fully saturated rings. The van der Waals surface area contributed by atoms with Gasteiger partial charge in [-0.1, -0.05) is 0 Å². The zero-order valence-corrected chi connectivity index (χ0v) is 11.4. The Balaban J connectivity index is 2.82. The zero-order valence-electron chi connectivity index (χ0n) is 10.6. The number of likely N-dealkylation sites (N-methyl/N-ethyl adjacent to an activating group) is 1. The van der Waals surface area contributed by atoms with Crippen molar-refractivity contribution >= 4 is 23.2 Å². The lowest BCUT2D eigenvalue weighted by atomic mass is 10.2. The number of rotatable bonds is 4. The van der Waals surface area contributed by atoms with E-state index in [0.717, 1.165) is 10.4 Å². The fourth-order valence-electron chi connectivity index (χ4n) is 1.38. The summed E-state index contributed by atoms with van der Waals surface area (Å²) in [6.07, 6.45) is 0. The highest BCUT2D eigenvalue weighted by Gasteiger charge is 2.19. The summed E-state index contributed by atoms with van der Waals surface area (Å²) in [5.41, 5.74) is 1.10. The van der Waals surface area contributed by atoms with Gasteiger partial charge in [-0.25, -0.2) is 0 Å². The van der Waals surface area contributed by atoms with Gasteiger partial charge in [-0.3, -0.25) is 9.59 Å². The van der Waals surface area contributed by atoms with Crippen molar-refractivity contribution in [3.05, 3.63) is 21.4 Å². The number of carbonyl (C=O) groups is 2. The van der Waals surface area contributed by atoms with E-state index in [0.29, 0.717) is 11.4 Å². The number of carbonyl (C=O) groups excluding carboxylic acids is 2. The maximum Gasteiger partial charge on any atom is 0.325 e. The monoisotopic (exact) mass is 255 g/mol. The highest BCUT2D eigenvalue weighted by molar-refractivity contribution is 7.14. The summed E-state index contributed by atoms with van der Waals surface area (Å²) in [7, 11) is 1.32. The number of hydrogen-bond donors (Lipinski definition) is 0. The van der Waals surface area contributed by atoms with Crippen molar-refractivity contribution in [2.45, 2.75) is 20.8 Å². The molecule has 94 valence electrons. The molecule has 1 rings (SSSR count). The van der Waals surface area contributed by atoms with E-state index in [4.69, 9.17) is 0 Å². The Labute approximate surface area is 105 Å². The average Bonchev–Trinajstić information content (AvgIpc) is 2.65. The number of methoxy groups -OCH3 is 1. The van der Waals surface area contributed by atoms with E-state index < -0.39 is 5.97 Å². The molecule has 17 heavy (non-hydrogen) atoms. The molecule has 0 saturated carbocycles. The summed E-state index contributed by atoms with van der Waals surface area (Å²) in [6, 6.07) is 1.86. The summed E-state index contributed by atoms with van der Waals surface area (Å²) in [5.74, 6) is -0.510. The molecular weight excluding hydrogens is 238 g/mol. The second kappa shape index (κ2) is 5.82. The van der Waals surface area contributed by atoms with Crippen LogP contribution in [0.15, 0.2) is 6.07 Å². The number of ether oxygens (including phenoxy) is 1. The van der Waals surface area contributed by atoms with Gasteiger partial charge in [0.15, 0.2) is 0 Å². The molecule has 0 saturated heterocycles. The predicted octanol–water partition coefficient (Wildman–Crippen LogP) is 2.00. The zero-order chi connectivity index (χ0) is 13.0. The van der Waals surface area contributed by atoms with Crippen LogP contribution in [0.25, 0.3) is 0 Å². The standard InChI is InChI=1S/C12H17NO3S/c1-5-13(7-11(14)16-4)12(15)10-6-8(2)9(3)17-10/h6H,5,7H2,1-4H3. The van der Waals surface area contributed by atoms with Crippen molar-refractivity contribution < 1.29 is 14.3 Å². The van der Waals surface area contributed by atoms with Gasteiger partial charge in [0.05, 0.1) is 12.0 Å². The van der Waals surface area contributed by atoms with Crippen molar-refractivity contribution in [3.63, 3.8) is 0 Å². The third-order valence-corrected chi connectivity index (χ3v) is 3.73. The predicted molar refractivity (Wildman–Crippen MR) is 67.4 cm³/mol. The maximum atomic E-state index is 12.1. The van der Waals surface area contributed by atoms with Gasteiger partial charge < -0.3 is 9.64 Å². The van der Waals surface area contributed by atoms with Crippen LogP contribution in [-0.4, -0.2) is 37.0 Å². The Morgan fingerprint density at radius 2 is 2.06 bits per heavy atom. The lowest BCUT2D eigenvalue weighted by Crippen LogP contribution is -2.35. The minimum Gasteiger partial charge on any atom is -0.468 e. The van der Waals surface area contributed by atoms with Crippen LogP contribution >= 0.6 is 11.3 Å². The van der Waals surface area contributed by atoms with Crippen molar-refractivity contribution in [2.24, 2.45) is 0 Å². The molecule has 1 aromatic heterocycles. The van der Waals surface area contributed by atoms with Gasteiger partial charge >= 0.3 is 5.97 Å². The molecule has 0 aliphatic carbocycles. The second-order valence-corrected chi connectivity index (χ2v) is 5.00.